The first-order valence-corrected chi connectivity index (χ1v) is 9.61. The zero-order valence-electron chi connectivity index (χ0n) is 15.2. The molecular formula is C19H18ClN5OS. The number of nitrogens with one attached hydrogen (secondary N) is 1. The third-order valence-corrected chi connectivity index (χ3v) is 4.79. The highest BCUT2D eigenvalue weighted by atomic mass is 35.5. The van der Waals surface area contributed by atoms with Gasteiger partial charge in [0, 0.05) is 22.3 Å². The van der Waals surface area contributed by atoms with Crippen LogP contribution in [0.1, 0.15) is 22.5 Å². The van der Waals surface area contributed by atoms with Crippen molar-refractivity contribution >= 4 is 46.4 Å². The van der Waals surface area contributed by atoms with Gasteiger partial charge in [-0.15, -0.1) is 0 Å². The first-order valence-electron chi connectivity index (χ1n) is 8.24. The molecule has 3 aromatic rings. The first kappa shape index (κ1) is 19.3. The van der Waals surface area contributed by atoms with E-state index in [1.165, 1.54) is 18.0 Å². The fourth-order valence-electron chi connectivity index (χ4n) is 2.45. The summed E-state index contributed by atoms with van der Waals surface area (Å²) in [7, 11) is 0. The minimum Gasteiger partial charge on any atom is -0.272 e. The molecule has 2 aromatic heterocycles. The standard InChI is InChI=1S/C19H18ClN5OS/c1-11-4-5-14-8-15(18(20)24-16(14)6-11)9-21-25-17(26)10-27-19-22-12(2)7-13(3)23-19/h4-9H,10H2,1-3H3,(H,25,26)/b21-9+. The van der Waals surface area contributed by atoms with E-state index in [0.29, 0.717) is 15.9 Å². The Hall–Kier alpha value is -2.51. The molecule has 1 N–H and O–H groups in total. The molecular weight excluding hydrogens is 382 g/mol. The van der Waals surface area contributed by atoms with Gasteiger partial charge in [-0.3, -0.25) is 4.79 Å². The summed E-state index contributed by atoms with van der Waals surface area (Å²) in [6.07, 6.45) is 1.49. The normalized spacial score (nSPS) is 11.3. The molecule has 1 aromatic carbocycles. The topological polar surface area (TPSA) is 80.1 Å². The van der Waals surface area contributed by atoms with E-state index in [-0.39, 0.29) is 11.7 Å². The van der Waals surface area contributed by atoms with Gasteiger partial charge in [0.25, 0.3) is 5.91 Å². The molecule has 0 radical (unpaired) electrons. The van der Waals surface area contributed by atoms with Crippen molar-refractivity contribution in [3.63, 3.8) is 0 Å². The van der Waals surface area contributed by atoms with Crippen LogP contribution in [0, 0.1) is 20.8 Å². The second-order valence-electron chi connectivity index (χ2n) is 6.08. The van der Waals surface area contributed by atoms with E-state index in [4.69, 9.17) is 11.6 Å². The number of halogens is 1. The number of hydrazone groups is 1. The van der Waals surface area contributed by atoms with Crippen molar-refractivity contribution in [2.45, 2.75) is 25.9 Å². The van der Waals surface area contributed by atoms with Crippen LogP contribution in [-0.4, -0.2) is 32.8 Å². The van der Waals surface area contributed by atoms with Crippen LogP contribution in [0.3, 0.4) is 0 Å². The van der Waals surface area contributed by atoms with Crippen molar-refractivity contribution in [3.05, 3.63) is 58.0 Å². The van der Waals surface area contributed by atoms with Crippen molar-refractivity contribution in [2.75, 3.05) is 5.75 Å². The maximum atomic E-state index is 12.0. The van der Waals surface area contributed by atoms with Crippen LogP contribution in [0.15, 0.2) is 40.6 Å². The van der Waals surface area contributed by atoms with E-state index in [2.05, 4.69) is 25.5 Å². The number of hydrogen-bond acceptors (Lipinski definition) is 6. The third kappa shape index (κ3) is 5.24. The third-order valence-electron chi connectivity index (χ3n) is 3.64. The van der Waals surface area contributed by atoms with Gasteiger partial charge < -0.3 is 0 Å². The predicted molar refractivity (Wildman–Crippen MR) is 109 cm³/mol. The quantitative estimate of drug-likeness (QED) is 0.232. The molecule has 8 heteroatoms. The van der Waals surface area contributed by atoms with Crippen molar-refractivity contribution < 1.29 is 4.79 Å². The van der Waals surface area contributed by atoms with Gasteiger partial charge in [0.15, 0.2) is 5.16 Å². The molecule has 2 heterocycles. The molecule has 138 valence electrons. The highest BCUT2D eigenvalue weighted by Gasteiger charge is 2.06. The largest absolute Gasteiger partial charge is 0.272 e. The van der Waals surface area contributed by atoms with E-state index in [0.717, 1.165) is 27.9 Å². The van der Waals surface area contributed by atoms with E-state index < -0.39 is 0 Å². The van der Waals surface area contributed by atoms with Crippen LogP contribution in [0.2, 0.25) is 5.15 Å². The van der Waals surface area contributed by atoms with Gasteiger partial charge in [-0.1, -0.05) is 35.5 Å². The molecule has 27 heavy (non-hydrogen) atoms. The lowest BCUT2D eigenvalue weighted by Gasteiger charge is -2.04. The molecule has 0 atom stereocenters. The van der Waals surface area contributed by atoms with Crippen LogP contribution < -0.4 is 5.43 Å². The van der Waals surface area contributed by atoms with E-state index in [1.54, 1.807) is 0 Å². The monoisotopic (exact) mass is 399 g/mol. The summed E-state index contributed by atoms with van der Waals surface area (Å²) in [6.45, 7) is 5.79. The number of rotatable bonds is 5. The molecule has 0 saturated heterocycles. The van der Waals surface area contributed by atoms with Gasteiger partial charge >= 0.3 is 0 Å². The Kier molecular flexibility index (Phi) is 6.03. The van der Waals surface area contributed by atoms with Crippen molar-refractivity contribution in [1.29, 1.82) is 0 Å². The zero-order valence-corrected chi connectivity index (χ0v) is 16.7. The Bertz CT molecular complexity index is 1020. The van der Waals surface area contributed by atoms with Crippen molar-refractivity contribution in [3.8, 4) is 0 Å². The van der Waals surface area contributed by atoms with Crippen molar-refractivity contribution in [2.24, 2.45) is 5.10 Å². The molecule has 1 amide bonds. The van der Waals surface area contributed by atoms with Gasteiger partial charge in [0.2, 0.25) is 0 Å². The number of pyridine rings is 1. The number of benzene rings is 1. The number of hydrogen-bond donors (Lipinski definition) is 1. The Balaban J connectivity index is 1.61. The lowest BCUT2D eigenvalue weighted by molar-refractivity contribution is -0.118. The number of thioether (sulfide) groups is 1. The molecule has 0 aliphatic heterocycles. The highest BCUT2D eigenvalue weighted by Crippen LogP contribution is 2.20. The summed E-state index contributed by atoms with van der Waals surface area (Å²) in [5.41, 5.74) is 6.81. The van der Waals surface area contributed by atoms with Gasteiger partial charge in [0.05, 0.1) is 17.5 Å². The first-order chi connectivity index (χ1) is 12.9. The number of fused-ring (bicyclic) bond motifs is 1. The van der Waals surface area contributed by atoms with Crippen LogP contribution in [0.5, 0.6) is 0 Å². The fraction of sp³-hybridized carbons (Fsp3) is 0.211. The summed E-state index contributed by atoms with van der Waals surface area (Å²) >= 11 is 7.47. The highest BCUT2D eigenvalue weighted by molar-refractivity contribution is 7.99. The Morgan fingerprint density at radius 3 is 2.63 bits per heavy atom. The number of aryl methyl sites for hydroxylation is 3. The number of nitrogens with zero attached hydrogens (tertiary/aromatic N) is 4. The summed E-state index contributed by atoms with van der Waals surface area (Å²) in [4.78, 5) is 24.9. The molecule has 3 rings (SSSR count). The maximum Gasteiger partial charge on any atom is 0.250 e. The zero-order chi connectivity index (χ0) is 19.4. The molecule has 0 spiro atoms. The van der Waals surface area contributed by atoms with E-state index >= 15 is 0 Å². The second-order valence-corrected chi connectivity index (χ2v) is 7.38. The number of carbonyl (C=O) groups excluding carboxylic acids is 1. The Labute approximate surface area is 166 Å². The molecule has 0 fully saturated rings. The second kappa shape index (κ2) is 8.45. The number of amides is 1. The molecule has 0 saturated carbocycles. The predicted octanol–water partition coefficient (Wildman–Crippen LogP) is 3.85. The Morgan fingerprint density at radius 1 is 1.15 bits per heavy atom. The number of aromatic nitrogens is 3. The summed E-state index contributed by atoms with van der Waals surface area (Å²) in [6, 6.07) is 9.72. The van der Waals surface area contributed by atoms with Crippen LogP contribution in [0.25, 0.3) is 10.9 Å². The lowest BCUT2D eigenvalue weighted by atomic mass is 10.1. The number of carbonyl (C=O) groups is 1. The fourth-order valence-corrected chi connectivity index (χ4v) is 3.39. The SMILES string of the molecule is Cc1ccc2cc(/C=N/NC(=O)CSc3nc(C)cc(C)n3)c(Cl)nc2c1. The minimum atomic E-state index is -0.250. The van der Waals surface area contributed by atoms with Gasteiger partial charge in [0.1, 0.15) is 5.15 Å². The molecule has 6 nitrogen and oxygen atoms in total. The van der Waals surface area contributed by atoms with Gasteiger partial charge in [-0.05, 0) is 44.5 Å². The van der Waals surface area contributed by atoms with Crippen LogP contribution in [-0.2, 0) is 4.79 Å². The summed E-state index contributed by atoms with van der Waals surface area (Å²) < 4.78 is 0. The van der Waals surface area contributed by atoms with Gasteiger partial charge in [-0.25, -0.2) is 20.4 Å². The molecule has 0 unspecified atom stereocenters. The lowest BCUT2D eigenvalue weighted by Crippen LogP contribution is -2.19. The van der Waals surface area contributed by atoms with Crippen LogP contribution >= 0.6 is 23.4 Å². The summed E-state index contributed by atoms with van der Waals surface area (Å²) in [5.74, 6) is -0.0806. The molecule has 0 aliphatic carbocycles. The molecule has 0 aliphatic rings. The average molecular weight is 400 g/mol. The Morgan fingerprint density at radius 2 is 1.89 bits per heavy atom. The average Bonchev–Trinajstić information content (AvgIpc) is 2.60. The van der Waals surface area contributed by atoms with E-state index in [1.807, 2.05) is 51.1 Å². The smallest absolute Gasteiger partial charge is 0.250 e. The molecule has 0 bridgehead atoms. The minimum absolute atomic E-state index is 0.170. The summed E-state index contributed by atoms with van der Waals surface area (Å²) in [5, 5.41) is 5.84. The van der Waals surface area contributed by atoms with E-state index in [9.17, 15) is 4.79 Å². The maximum absolute atomic E-state index is 12.0. The van der Waals surface area contributed by atoms with Crippen molar-refractivity contribution in [1.82, 2.24) is 20.4 Å². The van der Waals surface area contributed by atoms with Crippen LogP contribution in [0.4, 0.5) is 0 Å². The van der Waals surface area contributed by atoms with Gasteiger partial charge in [-0.2, -0.15) is 5.10 Å².